The fraction of sp³-hybridized carbons (Fsp3) is 0. The molecule has 1 aromatic rings. The van der Waals surface area contributed by atoms with Crippen LogP contribution in [0.1, 0.15) is 0 Å². The fourth-order valence-corrected chi connectivity index (χ4v) is 0.633. The molecule has 0 aliphatic carbocycles. The Labute approximate surface area is 58.2 Å². The first-order valence-corrected chi connectivity index (χ1v) is 2.73. The number of nitrogen functional groups attached to an aromatic ring is 3. The smallest absolute Gasteiger partial charge is 0.203 e. The van der Waals surface area contributed by atoms with Gasteiger partial charge >= 0.3 is 0 Å². The molecule has 1 aromatic carbocycles. The average Bonchev–Trinajstić information content (AvgIpc) is 1.93. The summed E-state index contributed by atoms with van der Waals surface area (Å²) in [5.41, 5.74) is 16.5. The summed E-state index contributed by atoms with van der Waals surface area (Å²) < 4.78 is 0. The zero-order chi connectivity index (χ0) is 7.72. The predicted molar refractivity (Wildman–Crippen MR) is 39.8 cm³/mol. The third-order valence-electron chi connectivity index (χ3n) is 1.28. The summed E-state index contributed by atoms with van der Waals surface area (Å²) >= 11 is 0. The number of hydrogen-bond donors (Lipinski definition) is 3. The van der Waals surface area contributed by atoms with Crippen molar-refractivity contribution in [3.8, 4) is 5.75 Å². The lowest BCUT2D eigenvalue weighted by Crippen LogP contribution is -1.99. The summed E-state index contributed by atoms with van der Waals surface area (Å²) in [7, 11) is 0. The fourth-order valence-electron chi connectivity index (χ4n) is 0.633. The highest BCUT2D eigenvalue weighted by atomic mass is 16.3. The molecule has 10 heavy (non-hydrogen) atoms. The van der Waals surface area contributed by atoms with Crippen molar-refractivity contribution < 1.29 is 5.11 Å². The summed E-state index contributed by atoms with van der Waals surface area (Å²) in [6.07, 6.45) is 0. The molecule has 1 radical (unpaired) electrons. The van der Waals surface area contributed by atoms with E-state index in [2.05, 4.69) is 0 Å². The van der Waals surface area contributed by atoms with Gasteiger partial charge in [-0.2, -0.15) is 0 Å². The van der Waals surface area contributed by atoms with Crippen LogP contribution in [0.3, 0.4) is 0 Å². The Morgan fingerprint density at radius 3 is 2.10 bits per heavy atom. The number of nitrogens with two attached hydrogens (primary N) is 3. The Balaban J connectivity index is 3.34. The summed E-state index contributed by atoms with van der Waals surface area (Å²) in [4.78, 5) is 0. The van der Waals surface area contributed by atoms with Gasteiger partial charge in [-0.25, -0.2) is 0 Å². The molecule has 0 saturated heterocycles. The number of benzene rings is 1. The quantitative estimate of drug-likeness (QED) is 0.457. The van der Waals surface area contributed by atoms with Gasteiger partial charge in [0.1, 0.15) is 5.69 Å². The van der Waals surface area contributed by atoms with Gasteiger partial charge in [-0.1, -0.05) is 0 Å². The topological polar surface area (TPSA) is 98.0 Å². The van der Waals surface area contributed by atoms with Crippen LogP contribution in [0.2, 0.25) is 0 Å². The summed E-state index contributed by atoms with van der Waals surface area (Å²) in [6.45, 7) is 0. The summed E-state index contributed by atoms with van der Waals surface area (Å²) in [5.74, 6) is -0.285. The van der Waals surface area contributed by atoms with Crippen LogP contribution in [0.25, 0.3) is 0 Å². The Morgan fingerprint density at radius 2 is 1.60 bits per heavy atom. The van der Waals surface area contributed by atoms with Crippen LogP contribution in [0.4, 0.5) is 17.1 Å². The summed E-state index contributed by atoms with van der Waals surface area (Å²) in [6, 6.07) is 2.73. The maximum absolute atomic E-state index is 10.7. The molecule has 0 spiro atoms. The van der Waals surface area contributed by atoms with Crippen LogP contribution in [0.5, 0.6) is 5.75 Å². The van der Waals surface area contributed by atoms with Gasteiger partial charge in [0.2, 0.25) is 5.75 Å². The van der Waals surface area contributed by atoms with Gasteiger partial charge in [0.25, 0.3) is 0 Å². The minimum Gasteiger partial charge on any atom is -0.397 e. The maximum Gasteiger partial charge on any atom is 0.203 e. The lowest BCUT2D eigenvalue weighted by atomic mass is 10.2. The van der Waals surface area contributed by atoms with Gasteiger partial charge < -0.3 is 17.2 Å². The second-order valence-corrected chi connectivity index (χ2v) is 1.98. The first-order valence-electron chi connectivity index (χ1n) is 2.73. The third-order valence-corrected chi connectivity index (χ3v) is 1.28. The Morgan fingerprint density at radius 1 is 1.00 bits per heavy atom. The largest absolute Gasteiger partial charge is 0.397 e. The molecule has 4 nitrogen and oxygen atoms in total. The number of hydrogen-bond acceptors (Lipinski definition) is 3. The highest BCUT2D eigenvalue weighted by Crippen LogP contribution is 2.30. The highest BCUT2D eigenvalue weighted by molar-refractivity contribution is 5.81. The lowest BCUT2D eigenvalue weighted by molar-refractivity contribution is 0.357. The van der Waals surface area contributed by atoms with E-state index in [0.29, 0.717) is 5.69 Å². The van der Waals surface area contributed by atoms with Crippen molar-refractivity contribution in [3.63, 3.8) is 0 Å². The van der Waals surface area contributed by atoms with E-state index < -0.39 is 0 Å². The van der Waals surface area contributed by atoms with Gasteiger partial charge in [0.15, 0.2) is 0 Å². The van der Waals surface area contributed by atoms with Crippen molar-refractivity contribution in [1.82, 2.24) is 0 Å². The van der Waals surface area contributed by atoms with Gasteiger partial charge in [0.05, 0.1) is 11.4 Å². The van der Waals surface area contributed by atoms with Crippen LogP contribution >= 0.6 is 0 Å². The van der Waals surface area contributed by atoms with Crippen molar-refractivity contribution in [3.05, 3.63) is 12.1 Å². The van der Waals surface area contributed by atoms with Crippen LogP contribution in [0, 0.1) is 0 Å². The molecule has 53 valence electrons. The minimum atomic E-state index is -0.285. The Kier molecular flexibility index (Phi) is 1.30. The van der Waals surface area contributed by atoms with Crippen molar-refractivity contribution in [2.45, 2.75) is 0 Å². The molecule has 0 aromatic heterocycles. The molecule has 6 N–H and O–H groups in total. The predicted octanol–water partition coefficient (Wildman–Crippen LogP) is 0.577. The third kappa shape index (κ3) is 0.793. The molecule has 0 heterocycles. The van der Waals surface area contributed by atoms with Gasteiger partial charge in [-0.3, -0.25) is 5.11 Å². The van der Waals surface area contributed by atoms with Gasteiger partial charge in [0, 0.05) is 0 Å². The molecule has 4 heteroatoms. The SMILES string of the molecule is Nc1ccc([O])c(N)c1N. The normalized spacial score (nSPS) is 9.60. The molecule has 0 aliphatic heterocycles. The molecule has 1 rings (SSSR count). The Hall–Kier alpha value is -1.58. The summed E-state index contributed by atoms with van der Waals surface area (Å²) in [5, 5.41) is 10.7. The number of anilines is 3. The maximum atomic E-state index is 10.7. The molecule has 0 aliphatic rings. The van der Waals surface area contributed by atoms with Crippen LogP contribution in [-0.4, -0.2) is 0 Å². The molecule has 0 atom stereocenters. The van der Waals surface area contributed by atoms with Crippen molar-refractivity contribution in [1.29, 1.82) is 0 Å². The molecule has 0 saturated carbocycles. The molecular weight excluding hydrogens is 130 g/mol. The van der Waals surface area contributed by atoms with E-state index in [0.717, 1.165) is 0 Å². The average molecular weight is 138 g/mol. The van der Waals surface area contributed by atoms with Crippen LogP contribution < -0.4 is 17.2 Å². The lowest BCUT2D eigenvalue weighted by Gasteiger charge is -2.02. The second kappa shape index (κ2) is 1.98. The van der Waals surface area contributed by atoms with Crippen molar-refractivity contribution >= 4 is 17.1 Å². The monoisotopic (exact) mass is 138 g/mol. The van der Waals surface area contributed by atoms with E-state index in [1.165, 1.54) is 12.1 Å². The molecule has 0 bridgehead atoms. The van der Waals surface area contributed by atoms with Gasteiger partial charge in [-0.15, -0.1) is 0 Å². The Bertz CT molecular complexity index is 232. The van der Waals surface area contributed by atoms with E-state index in [-0.39, 0.29) is 17.1 Å². The van der Waals surface area contributed by atoms with E-state index >= 15 is 0 Å². The molecule has 0 amide bonds. The van der Waals surface area contributed by atoms with E-state index in [9.17, 15) is 5.11 Å². The zero-order valence-corrected chi connectivity index (χ0v) is 5.29. The highest BCUT2D eigenvalue weighted by Gasteiger charge is 2.04. The zero-order valence-electron chi connectivity index (χ0n) is 5.29. The van der Waals surface area contributed by atoms with Crippen LogP contribution in [-0.2, 0) is 5.11 Å². The van der Waals surface area contributed by atoms with Crippen LogP contribution in [0.15, 0.2) is 12.1 Å². The standard InChI is InChI=1S/C6H8N3O/c7-3-1-2-4(10)6(9)5(3)8/h1-2H,7-9H2. The van der Waals surface area contributed by atoms with E-state index in [1.807, 2.05) is 0 Å². The first kappa shape index (κ1) is 6.54. The second-order valence-electron chi connectivity index (χ2n) is 1.98. The van der Waals surface area contributed by atoms with Gasteiger partial charge in [-0.05, 0) is 12.1 Å². The van der Waals surface area contributed by atoms with E-state index in [4.69, 9.17) is 17.2 Å². The van der Waals surface area contributed by atoms with Crippen molar-refractivity contribution in [2.24, 2.45) is 0 Å². The van der Waals surface area contributed by atoms with E-state index in [1.54, 1.807) is 0 Å². The molecule has 0 unspecified atom stereocenters. The van der Waals surface area contributed by atoms with Crippen molar-refractivity contribution in [2.75, 3.05) is 17.2 Å². The molecule has 0 fully saturated rings. The number of rotatable bonds is 0. The first-order chi connectivity index (χ1) is 4.63. The molecular formula is C6H8N3O. The minimum absolute atomic E-state index is 0.0278.